The molecule has 19 heteroatoms. The fourth-order valence-corrected chi connectivity index (χ4v) is 14.2. The second-order valence-electron chi connectivity index (χ2n) is 29.2. The molecule has 5 atom stereocenters. The van der Waals surface area contributed by atoms with Gasteiger partial charge in [0.25, 0.3) is 0 Å². The second kappa shape index (κ2) is 75.3. The molecule has 0 aliphatic carbocycles. The van der Waals surface area contributed by atoms with Gasteiger partial charge in [0.2, 0.25) is 0 Å². The van der Waals surface area contributed by atoms with E-state index in [9.17, 15) is 43.2 Å². The van der Waals surface area contributed by atoms with E-state index in [4.69, 9.17) is 37.0 Å². The molecule has 0 aromatic rings. The lowest BCUT2D eigenvalue weighted by Crippen LogP contribution is -2.30. The maximum atomic E-state index is 13.1. The molecule has 3 N–H and O–H groups in total. The largest absolute Gasteiger partial charge is 0.472 e. The number of aliphatic hydroxyl groups excluding tert-OH is 1. The number of hydrogen-bond acceptors (Lipinski definition) is 15. The van der Waals surface area contributed by atoms with Gasteiger partial charge >= 0.3 is 39.5 Å². The summed E-state index contributed by atoms with van der Waals surface area (Å²) in [5, 5.41) is 10.6. The van der Waals surface area contributed by atoms with Gasteiger partial charge in [-0.2, -0.15) is 0 Å². The molecule has 2 unspecified atom stereocenters. The maximum Gasteiger partial charge on any atom is 0.472 e. The van der Waals surface area contributed by atoms with Crippen LogP contribution < -0.4 is 0 Å². The summed E-state index contributed by atoms with van der Waals surface area (Å²) in [5.41, 5.74) is 0. The molecule has 0 spiro atoms. The first-order valence-electron chi connectivity index (χ1n) is 42.3. The van der Waals surface area contributed by atoms with Crippen LogP contribution in [0.3, 0.4) is 0 Å². The summed E-state index contributed by atoms with van der Waals surface area (Å²) in [7, 11) is -9.91. The highest BCUT2D eigenvalue weighted by Gasteiger charge is 2.30. The second-order valence-corrected chi connectivity index (χ2v) is 32.1. The Balaban J connectivity index is 5.17. The topological polar surface area (TPSA) is 237 Å². The summed E-state index contributed by atoms with van der Waals surface area (Å²) in [4.78, 5) is 72.9. The van der Waals surface area contributed by atoms with E-state index in [0.29, 0.717) is 25.7 Å². The summed E-state index contributed by atoms with van der Waals surface area (Å²) < 4.78 is 68.6. The highest BCUT2D eigenvalue weighted by atomic mass is 31.2. The molecule has 0 saturated carbocycles. The van der Waals surface area contributed by atoms with Crippen LogP contribution in [-0.2, 0) is 65.4 Å². The third kappa shape index (κ3) is 74.3. The van der Waals surface area contributed by atoms with Gasteiger partial charge in [0, 0.05) is 25.7 Å². The number of hydrogen-bond donors (Lipinski definition) is 3. The Morgan fingerprint density at radius 3 is 0.590 bits per heavy atom. The monoisotopic (exact) mass is 1470 g/mol. The van der Waals surface area contributed by atoms with E-state index in [0.717, 1.165) is 89.9 Å². The van der Waals surface area contributed by atoms with Crippen molar-refractivity contribution in [1.82, 2.24) is 0 Å². The molecule has 0 rings (SSSR count). The summed E-state index contributed by atoms with van der Waals surface area (Å²) in [6.07, 6.45) is 68.2. The number of phosphoric acid groups is 2. The Labute approximate surface area is 613 Å². The smallest absolute Gasteiger partial charge is 0.462 e. The molecule has 0 fully saturated rings. The number of phosphoric ester groups is 2. The number of aliphatic hydroxyl groups is 1. The van der Waals surface area contributed by atoms with E-state index in [-0.39, 0.29) is 25.7 Å². The van der Waals surface area contributed by atoms with Gasteiger partial charge in [-0.05, 0) is 25.7 Å². The van der Waals surface area contributed by atoms with Crippen LogP contribution in [0.1, 0.15) is 439 Å². The first-order chi connectivity index (χ1) is 48.7. The van der Waals surface area contributed by atoms with Crippen LogP contribution in [-0.4, -0.2) is 96.7 Å². The van der Waals surface area contributed by atoms with Gasteiger partial charge in [-0.1, -0.05) is 387 Å². The van der Waals surface area contributed by atoms with Crippen molar-refractivity contribution < 1.29 is 80.2 Å². The molecule has 0 aliphatic heterocycles. The van der Waals surface area contributed by atoms with Crippen molar-refractivity contribution in [2.24, 2.45) is 0 Å². The molecule has 100 heavy (non-hydrogen) atoms. The van der Waals surface area contributed by atoms with E-state index in [1.807, 2.05) is 0 Å². The third-order valence-electron chi connectivity index (χ3n) is 19.1. The number of carbonyl (C=O) groups excluding carboxylic acids is 4. The van der Waals surface area contributed by atoms with Crippen LogP contribution in [0.4, 0.5) is 0 Å². The van der Waals surface area contributed by atoms with Crippen LogP contribution >= 0.6 is 15.6 Å². The van der Waals surface area contributed by atoms with Crippen molar-refractivity contribution in [1.29, 1.82) is 0 Å². The molecular weight excluding hydrogens is 1310 g/mol. The molecule has 0 aromatic heterocycles. The van der Waals surface area contributed by atoms with Crippen LogP contribution in [0.25, 0.3) is 0 Å². The van der Waals surface area contributed by atoms with E-state index in [1.54, 1.807) is 0 Å². The van der Waals surface area contributed by atoms with Gasteiger partial charge in [-0.15, -0.1) is 0 Å². The average Bonchev–Trinajstić information content (AvgIpc) is 0.952. The van der Waals surface area contributed by atoms with Crippen molar-refractivity contribution >= 4 is 39.5 Å². The lowest BCUT2D eigenvalue weighted by molar-refractivity contribution is -0.161. The maximum absolute atomic E-state index is 13.1. The lowest BCUT2D eigenvalue weighted by Gasteiger charge is -2.21. The first kappa shape index (κ1) is 98.1. The van der Waals surface area contributed by atoms with E-state index in [1.165, 1.54) is 270 Å². The first-order valence-corrected chi connectivity index (χ1v) is 45.3. The predicted molar refractivity (Wildman–Crippen MR) is 409 cm³/mol. The van der Waals surface area contributed by atoms with Crippen molar-refractivity contribution in [2.45, 2.75) is 457 Å². The summed E-state index contributed by atoms with van der Waals surface area (Å²) in [6, 6.07) is 0. The molecule has 0 saturated heterocycles. The lowest BCUT2D eigenvalue weighted by atomic mass is 10.0. The van der Waals surface area contributed by atoms with E-state index >= 15 is 0 Å². The van der Waals surface area contributed by atoms with Crippen molar-refractivity contribution in [3.8, 4) is 0 Å². The Kier molecular flexibility index (Phi) is 73.8. The number of rotatable bonds is 82. The van der Waals surface area contributed by atoms with Gasteiger partial charge in [0.15, 0.2) is 12.2 Å². The Bertz CT molecular complexity index is 1890. The molecule has 17 nitrogen and oxygen atoms in total. The molecule has 0 aromatic carbocycles. The standard InChI is InChI=1S/C81H158O17P2/c1-5-9-13-17-21-25-29-31-33-35-37-38-39-40-42-44-46-48-52-56-60-64-68-81(86)98-77(72-92-79(84)66-62-58-54-51-47-45-43-41-36-34-32-30-26-22-18-14-10-6-2)74-96-100(89,90)94-70-75(82)69-93-99(87,88)95-73-76(97-80(85)67-63-59-55-50-28-24-20-16-12-8-4)71-91-78(83)65-61-57-53-49-27-23-19-15-11-7-3/h75-77,82H,5-74H2,1-4H3,(H,87,88)(H,89,90)/t75-,76+,77+/m0/s1. The molecule has 0 heterocycles. The summed E-state index contributed by atoms with van der Waals surface area (Å²) in [5.74, 6) is -2.11. The van der Waals surface area contributed by atoms with Crippen LogP contribution in [0.15, 0.2) is 0 Å². The van der Waals surface area contributed by atoms with Gasteiger partial charge < -0.3 is 33.8 Å². The van der Waals surface area contributed by atoms with E-state index in [2.05, 4.69) is 27.7 Å². The molecule has 594 valence electrons. The molecule has 0 bridgehead atoms. The van der Waals surface area contributed by atoms with Gasteiger partial charge in [-0.3, -0.25) is 37.3 Å². The zero-order chi connectivity index (χ0) is 73.2. The summed E-state index contributed by atoms with van der Waals surface area (Å²) in [6.45, 7) is 5.00. The zero-order valence-electron chi connectivity index (χ0n) is 65.2. The quantitative estimate of drug-likeness (QED) is 0.0222. The van der Waals surface area contributed by atoms with Crippen molar-refractivity contribution in [3.63, 3.8) is 0 Å². The Morgan fingerprint density at radius 2 is 0.400 bits per heavy atom. The fourth-order valence-electron chi connectivity index (χ4n) is 12.6. The van der Waals surface area contributed by atoms with Gasteiger partial charge in [0.05, 0.1) is 26.4 Å². The van der Waals surface area contributed by atoms with Crippen LogP contribution in [0.2, 0.25) is 0 Å². The SMILES string of the molecule is CCCCCCCCCCCCCCCCCCCCCCCCC(=O)O[C@H](COC(=O)CCCCCCCCCCCCCCCCCCCC)COP(=O)(O)OC[C@@H](O)COP(=O)(O)OC[C@@H](COC(=O)CCCCCCCCCCCC)OC(=O)CCCCCCCCCCCC. The predicted octanol–water partition coefficient (Wildman–Crippen LogP) is 24.6. The molecular formula is C81H158O17P2. The van der Waals surface area contributed by atoms with Crippen LogP contribution in [0.5, 0.6) is 0 Å². The number of unbranched alkanes of at least 4 members (excludes halogenated alkanes) is 56. The third-order valence-corrected chi connectivity index (χ3v) is 21.0. The molecule has 0 aliphatic rings. The van der Waals surface area contributed by atoms with Gasteiger partial charge in [-0.25, -0.2) is 9.13 Å². The number of ether oxygens (including phenoxy) is 4. The fraction of sp³-hybridized carbons (Fsp3) is 0.951. The summed E-state index contributed by atoms with van der Waals surface area (Å²) >= 11 is 0. The minimum absolute atomic E-state index is 0.107. The molecule has 0 radical (unpaired) electrons. The number of esters is 4. The van der Waals surface area contributed by atoms with Crippen LogP contribution in [0, 0.1) is 0 Å². The van der Waals surface area contributed by atoms with Crippen molar-refractivity contribution in [3.05, 3.63) is 0 Å². The normalized spacial score (nSPS) is 13.8. The highest BCUT2D eigenvalue weighted by Crippen LogP contribution is 2.45. The number of carbonyl (C=O) groups is 4. The zero-order valence-corrected chi connectivity index (χ0v) is 67.0. The minimum Gasteiger partial charge on any atom is -0.462 e. The highest BCUT2D eigenvalue weighted by molar-refractivity contribution is 7.47. The minimum atomic E-state index is -4.96. The van der Waals surface area contributed by atoms with Gasteiger partial charge in [0.1, 0.15) is 19.3 Å². The van der Waals surface area contributed by atoms with E-state index < -0.39 is 97.5 Å². The molecule has 0 amide bonds. The Morgan fingerprint density at radius 1 is 0.240 bits per heavy atom. The average molecular weight is 1470 g/mol. The Hall–Kier alpha value is -1.94. The van der Waals surface area contributed by atoms with Crippen molar-refractivity contribution in [2.75, 3.05) is 39.6 Å².